The summed E-state index contributed by atoms with van der Waals surface area (Å²) in [6.07, 6.45) is 4.05. The van der Waals surface area contributed by atoms with Crippen LogP contribution in [0.4, 0.5) is 0 Å². The molecule has 2 rings (SSSR count). The Balaban J connectivity index is 2.42. The van der Waals surface area contributed by atoms with Crippen LogP contribution in [0.15, 0.2) is 24.3 Å². The molecule has 0 amide bonds. The van der Waals surface area contributed by atoms with Crippen LogP contribution in [0.1, 0.15) is 56.1 Å². The molecule has 70 valence electrons. The lowest BCUT2D eigenvalue weighted by molar-refractivity contribution is 0.493. The van der Waals surface area contributed by atoms with Crippen molar-refractivity contribution in [3.63, 3.8) is 0 Å². The van der Waals surface area contributed by atoms with E-state index >= 15 is 0 Å². The second kappa shape index (κ2) is 3.53. The fourth-order valence-electron chi connectivity index (χ4n) is 2.52. The number of benzene rings is 1. The molecule has 0 spiro atoms. The van der Waals surface area contributed by atoms with Crippen molar-refractivity contribution in [2.75, 3.05) is 0 Å². The first-order chi connectivity index (χ1) is 6.33. The molecule has 1 aliphatic carbocycles. The summed E-state index contributed by atoms with van der Waals surface area (Å²) in [5.41, 5.74) is 3.21. The van der Waals surface area contributed by atoms with E-state index < -0.39 is 0 Å². The van der Waals surface area contributed by atoms with Crippen LogP contribution >= 0.6 is 0 Å². The number of fused-ring (bicyclic) bond motifs is 1. The summed E-state index contributed by atoms with van der Waals surface area (Å²) in [7, 11) is 0. The van der Waals surface area contributed by atoms with Gasteiger partial charge in [-0.1, -0.05) is 38.1 Å². The quantitative estimate of drug-likeness (QED) is 0.602. The zero-order valence-electron chi connectivity index (χ0n) is 8.59. The predicted molar refractivity (Wildman–Crippen MR) is 57.1 cm³/mol. The van der Waals surface area contributed by atoms with Gasteiger partial charge in [-0.2, -0.15) is 0 Å². The molecule has 0 saturated heterocycles. The number of rotatable bonds is 1. The fourth-order valence-corrected chi connectivity index (χ4v) is 2.52. The zero-order valence-corrected chi connectivity index (χ0v) is 8.59. The molecule has 0 bridgehead atoms. The summed E-state index contributed by atoms with van der Waals surface area (Å²) >= 11 is 0. The highest BCUT2D eigenvalue weighted by Gasteiger charge is 2.22. The third-order valence-electron chi connectivity index (χ3n) is 3.41. The summed E-state index contributed by atoms with van der Waals surface area (Å²) in [6, 6.07) is 8.98. The molecule has 0 aliphatic heterocycles. The summed E-state index contributed by atoms with van der Waals surface area (Å²) in [4.78, 5) is 0. The second-order valence-electron chi connectivity index (χ2n) is 4.21. The Labute approximate surface area is 81.0 Å². The van der Waals surface area contributed by atoms with Crippen LogP contribution in [-0.2, 0) is 0 Å². The summed E-state index contributed by atoms with van der Waals surface area (Å²) < 4.78 is 0. The lowest BCUT2D eigenvalue weighted by atomic mass is 9.76. The monoisotopic (exact) mass is 174 g/mol. The Hall–Kier alpha value is -0.780. The lowest BCUT2D eigenvalue weighted by Gasteiger charge is -2.28. The van der Waals surface area contributed by atoms with E-state index in [1.807, 2.05) is 0 Å². The van der Waals surface area contributed by atoms with Crippen molar-refractivity contribution in [1.82, 2.24) is 0 Å². The molecule has 0 fully saturated rings. The van der Waals surface area contributed by atoms with Gasteiger partial charge in [-0.3, -0.25) is 0 Å². The average Bonchev–Trinajstić information content (AvgIpc) is 2.19. The summed E-state index contributed by atoms with van der Waals surface area (Å²) in [5.74, 6) is 1.60. The topological polar surface area (TPSA) is 0 Å². The van der Waals surface area contributed by atoms with E-state index in [1.54, 1.807) is 11.1 Å². The first-order valence-electron chi connectivity index (χ1n) is 5.41. The molecule has 1 aromatic rings. The minimum absolute atomic E-state index is 0.777. The molecule has 13 heavy (non-hydrogen) atoms. The maximum absolute atomic E-state index is 2.35. The molecule has 1 aromatic carbocycles. The van der Waals surface area contributed by atoms with Crippen LogP contribution in [-0.4, -0.2) is 0 Å². The maximum atomic E-state index is 2.35. The van der Waals surface area contributed by atoms with Gasteiger partial charge in [0.05, 0.1) is 0 Å². The molecular formula is C13H18. The first-order valence-corrected chi connectivity index (χ1v) is 5.41. The van der Waals surface area contributed by atoms with E-state index in [0.29, 0.717) is 0 Å². The van der Waals surface area contributed by atoms with E-state index in [0.717, 1.165) is 11.8 Å². The van der Waals surface area contributed by atoms with Crippen LogP contribution < -0.4 is 0 Å². The molecule has 2 atom stereocenters. The molecule has 0 aromatic heterocycles. The SMILES string of the molecule is CCC1CCC(C)c2ccccc21. The minimum Gasteiger partial charge on any atom is -0.0648 e. The summed E-state index contributed by atoms with van der Waals surface area (Å²) in [5, 5.41) is 0. The van der Waals surface area contributed by atoms with Gasteiger partial charge < -0.3 is 0 Å². The molecule has 2 unspecified atom stereocenters. The van der Waals surface area contributed by atoms with Gasteiger partial charge in [-0.05, 0) is 42.2 Å². The highest BCUT2D eigenvalue weighted by molar-refractivity contribution is 5.35. The molecule has 0 N–H and O–H groups in total. The van der Waals surface area contributed by atoms with Crippen LogP contribution in [0.5, 0.6) is 0 Å². The third kappa shape index (κ3) is 1.50. The second-order valence-corrected chi connectivity index (χ2v) is 4.21. The average molecular weight is 174 g/mol. The van der Waals surface area contributed by atoms with Crippen molar-refractivity contribution in [2.24, 2.45) is 0 Å². The Bertz CT molecular complexity index is 288. The van der Waals surface area contributed by atoms with Crippen molar-refractivity contribution in [2.45, 2.75) is 44.9 Å². The van der Waals surface area contributed by atoms with E-state index in [2.05, 4.69) is 38.1 Å². The van der Waals surface area contributed by atoms with Crippen LogP contribution in [0.2, 0.25) is 0 Å². The normalized spacial score (nSPS) is 26.9. The highest BCUT2D eigenvalue weighted by Crippen LogP contribution is 2.39. The minimum atomic E-state index is 0.777. The number of hydrogen-bond donors (Lipinski definition) is 0. The zero-order chi connectivity index (χ0) is 9.26. The van der Waals surface area contributed by atoms with Gasteiger partial charge in [0.25, 0.3) is 0 Å². The molecule has 0 nitrogen and oxygen atoms in total. The Morgan fingerprint density at radius 2 is 1.85 bits per heavy atom. The smallest absolute Gasteiger partial charge is 0.0162 e. The Morgan fingerprint density at radius 3 is 2.54 bits per heavy atom. The molecule has 0 radical (unpaired) electrons. The predicted octanol–water partition coefficient (Wildman–Crippen LogP) is 4.08. The molecular weight excluding hydrogens is 156 g/mol. The van der Waals surface area contributed by atoms with Gasteiger partial charge in [0, 0.05) is 0 Å². The van der Waals surface area contributed by atoms with Gasteiger partial charge >= 0.3 is 0 Å². The van der Waals surface area contributed by atoms with Crippen molar-refractivity contribution in [3.05, 3.63) is 35.4 Å². The van der Waals surface area contributed by atoms with E-state index in [4.69, 9.17) is 0 Å². The van der Waals surface area contributed by atoms with Gasteiger partial charge in [-0.15, -0.1) is 0 Å². The Morgan fingerprint density at radius 1 is 1.15 bits per heavy atom. The first kappa shape index (κ1) is 8.80. The van der Waals surface area contributed by atoms with Crippen molar-refractivity contribution < 1.29 is 0 Å². The standard InChI is InChI=1S/C13H18/c1-3-11-9-8-10(2)12-6-4-5-7-13(11)12/h4-7,10-11H,3,8-9H2,1-2H3. The number of hydrogen-bond acceptors (Lipinski definition) is 0. The third-order valence-corrected chi connectivity index (χ3v) is 3.41. The van der Waals surface area contributed by atoms with Crippen LogP contribution in [0, 0.1) is 0 Å². The molecule has 0 saturated carbocycles. The van der Waals surface area contributed by atoms with E-state index in [9.17, 15) is 0 Å². The highest BCUT2D eigenvalue weighted by atomic mass is 14.3. The van der Waals surface area contributed by atoms with Crippen molar-refractivity contribution >= 4 is 0 Å². The fraction of sp³-hybridized carbons (Fsp3) is 0.538. The van der Waals surface area contributed by atoms with Gasteiger partial charge in [0.2, 0.25) is 0 Å². The maximum Gasteiger partial charge on any atom is -0.0162 e. The van der Waals surface area contributed by atoms with E-state index in [-0.39, 0.29) is 0 Å². The van der Waals surface area contributed by atoms with Gasteiger partial charge in [0.15, 0.2) is 0 Å². The molecule has 0 heterocycles. The lowest BCUT2D eigenvalue weighted by Crippen LogP contribution is -2.11. The summed E-state index contributed by atoms with van der Waals surface area (Å²) in [6.45, 7) is 4.65. The van der Waals surface area contributed by atoms with Crippen LogP contribution in [0.3, 0.4) is 0 Å². The van der Waals surface area contributed by atoms with Crippen molar-refractivity contribution in [3.8, 4) is 0 Å². The molecule has 0 heteroatoms. The van der Waals surface area contributed by atoms with Gasteiger partial charge in [0.1, 0.15) is 0 Å². The van der Waals surface area contributed by atoms with Crippen molar-refractivity contribution in [1.29, 1.82) is 0 Å². The van der Waals surface area contributed by atoms with E-state index in [1.165, 1.54) is 19.3 Å². The molecule has 1 aliphatic rings. The largest absolute Gasteiger partial charge is 0.0648 e. The van der Waals surface area contributed by atoms with Crippen LogP contribution in [0.25, 0.3) is 0 Å². The van der Waals surface area contributed by atoms with Gasteiger partial charge in [-0.25, -0.2) is 0 Å². The Kier molecular flexibility index (Phi) is 2.39.